The highest BCUT2D eigenvalue weighted by Crippen LogP contribution is 2.37. The third-order valence-corrected chi connectivity index (χ3v) is 6.78. The summed E-state index contributed by atoms with van der Waals surface area (Å²) in [4.78, 5) is 0. The molecule has 0 N–H and O–H groups in total. The molecule has 0 nitrogen and oxygen atoms in total. The maximum Gasteiger partial charge on any atom is 0.159 e. The van der Waals surface area contributed by atoms with E-state index < -0.39 is 23.3 Å². The SMILES string of the molecule is CCCCCC1CCC(C(C)Cc2cc(F)c(-c3ccc(F)c(F)c3)c(F)c2)CC1. The van der Waals surface area contributed by atoms with E-state index in [2.05, 4.69) is 13.8 Å². The van der Waals surface area contributed by atoms with Crippen LogP contribution < -0.4 is 0 Å². The van der Waals surface area contributed by atoms with Crippen molar-refractivity contribution < 1.29 is 17.6 Å². The zero-order chi connectivity index (χ0) is 21.7. The first kappa shape index (κ1) is 22.8. The summed E-state index contributed by atoms with van der Waals surface area (Å²) in [5.41, 5.74) is 0.316. The first-order valence-electron chi connectivity index (χ1n) is 11.3. The lowest BCUT2D eigenvalue weighted by Gasteiger charge is -2.32. The molecular weight excluding hydrogens is 388 g/mol. The molecule has 0 saturated heterocycles. The molecule has 0 aliphatic heterocycles. The van der Waals surface area contributed by atoms with Crippen molar-refractivity contribution in [3.05, 3.63) is 59.2 Å². The monoisotopic (exact) mass is 420 g/mol. The molecule has 1 aliphatic carbocycles. The maximum atomic E-state index is 14.7. The molecule has 0 aromatic heterocycles. The van der Waals surface area contributed by atoms with E-state index >= 15 is 0 Å². The standard InChI is InChI=1S/C26H32F4/c1-3-4-5-6-18-7-9-20(10-8-18)17(2)13-19-14-24(29)26(25(30)15-19)21-11-12-22(27)23(28)16-21/h11-12,14-18,20H,3-10,13H2,1-2H3. The fraction of sp³-hybridized carbons (Fsp3) is 0.538. The predicted molar refractivity (Wildman–Crippen MR) is 114 cm³/mol. The molecule has 0 spiro atoms. The number of rotatable bonds is 8. The van der Waals surface area contributed by atoms with Crippen LogP contribution in [0.5, 0.6) is 0 Å². The first-order chi connectivity index (χ1) is 14.4. The molecule has 30 heavy (non-hydrogen) atoms. The summed E-state index contributed by atoms with van der Waals surface area (Å²) in [5.74, 6) is -1.84. The minimum atomic E-state index is -1.12. The van der Waals surface area contributed by atoms with Crippen molar-refractivity contribution in [1.29, 1.82) is 0 Å². The Labute approximate surface area is 177 Å². The number of hydrogen-bond donors (Lipinski definition) is 0. The van der Waals surface area contributed by atoms with Crippen LogP contribution in [-0.4, -0.2) is 0 Å². The van der Waals surface area contributed by atoms with Gasteiger partial charge in [0.2, 0.25) is 0 Å². The van der Waals surface area contributed by atoms with E-state index in [0.717, 1.165) is 18.1 Å². The summed E-state index contributed by atoms with van der Waals surface area (Å²) in [6.07, 6.45) is 10.7. The lowest BCUT2D eigenvalue weighted by molar-refractivity contribution is 0.204. The van der Waals surface area contributed by atoms with Crippen molar-refractivity contribution >= 4 is 0 Å². The summed E-state index contributed by atoms with van der Waals surface area (Å²) < 4.78 is 55.9. The van der Waals surface area contributed by atoms with Crippen LogP contribution in [0.2, 0.25) is 0 Å². The second-order valence-electron chi connectivity index (χ2n) is 9.02. The summed E-state index contributed by atoms with van der Waals surface area (Å²) in [6.45, 7) is 4.40. The van der Waals surface area contributed by atoms with Crippen LogP contribution in [0.4, 0.5) is 17.6 Å². The van der Waals surface area contributed by atoms with Crippen molar-refractivity contribution in [2.75, 3.05) is 0 Å². The topological polar surface area (TPSA) is 0 Å². The molecule has 0 amide bonds. The fourth-order valence-electron chi connectivity index (χ4n) is 4.94. The van der Waals surface area contributed by atoms with Crippen LogP contribution in [0, 0.1) is 41.0 Å². The lowest BCUT2D eigenvalue weighted by Crippen LogP contribution is -2.21. The summed E-state index contributed by atoms with van der Waals surface area (Å²) >= 11 is 0. The molecule has 1 aliphatic rings. The second-order valence-corrected chi connectivity index (χ2v) is 9.02. The minimum Gasteiger partial charge on any atom is -0.206 e. The van der Waals surface area contributed by atoms with Crippen LogP contribution in [0.1, 0.15) is 70.8 Å². The quantitative estimate of drug-likeness (QED) is 0.297. The molecule has 164 valence electrons. The lowest BCUT2D eigenvalue weighted by atomic mass is 9.73. The van der Waals surface area contributed by atoms with Crippen molar-refractivity contribution in [2.45, 2.75) is 71.6 Å². The Bertz CT molecular complexity index is 814. The van der Waals surface area contributed by atoms with Crippen LogP contribution in [-0.2, 0) is 6.42 Å². The summed E-state index contributed by atoms with van der Waals surface area (Å²) in [5, 5.41) is 0. The summed E-state index contributed by atoms with van der Waals surface area (Å²) in [7, 11) is 0. The van der Waals surface area contributed by atoms with E-state index in [4.69, 9.17) is 0 Å². The highest BCUT2D eigenvalue weighted by Gasteiger charge is 2.26. The molecule has 2 aromatic rings. The van der Waals surface area contributed by atoms with Gasteiger partial charge in [0.1, 0.15) is 11.6 Å². The average Bonchev–Trinajstić information content (AvgIpc) is 2.71. The van der Waals surface area contributed by atoms with Gasteiger partial charge in [-0.2, -0.15) is 0 Å². The van der Waals surface area contributed by atoms with E-state index in [0.29, 0.717) is 23.8 Å². The number of halogens is 4. The Morgan fingerprint density at radius 2 is 1.50 bits per heavy atom. The number of benzene rings is 2. The second kappa shape index (κ2) is 10.5. The zero-order valence-corrected chi connectivity index (χ0v) is 18.0. The van der Waals surface area contributed by atoms with Crippen molar-refractivity contribution in [3.8, 4) is 11.1 Å². The van der Waals surface area contributed by atoms with Gasteiger partial charge in [-0.05, 0) is 72.4 Å². The predicted octanol–water partition coefficient (Wildman–Crippen LogP) is 8.48. The molecule has 3 rings (SSSR count). The van der Waals surface area contributed by atoms with E-state index in [1.54, 1.807) is 0 Å². The third-order valence-electron chi connectivity index (χ3n) is 6.78. The van der Waals surface area contributed by atoms with Crippen molar-refractivity contribution in [3.63, 3.8) is 0 Å². The van der Waals surface area contributed by atoms with Crippen LogP contribution in [0.3, 0.4) is 0 Å². The highest BCUT2D eigenvalue weighted by molar-refractivity contribution is 5.65. The Morgan fingerprint density at radius 1 is 0.833 bits per heavy atom. The van der Waals surface area contributed by atoms with Crippen LogP contribution >= 0.6 is 0 Å². The van der Waals surface area contributed by atoms with Crippen molar-refractivity contribution in [2.24, 2.45) is 17.8 Å². The van der Waals surface area contributed by atoms with Crippen LogP contribution in [0.25, 0.3) is 11.1 Å². The molecule has 1 unspecified atom stereocenters. The van der Waals surface area contributed by atoms with Gasteiger partial charge in [-0.1, -0.05) is 58.4 Å². The van der Waals surface area contributed by atoms with Gasteiger partial charge < -0.3 is 0 Å². The molecule has 0 heterocycles. The molecule has 1 atom stereocenters. The maximum absolute atomic E-state index is 14.7. The minimum absolute atomic E-state index is 0.00453. The van der Waals surface area contributed by atoms with E-state index in [1.165, 1.54) is 69.6 Å². The smallest absolute Gasteiger partial charge is 0.159 e. The molecule has 0 bridgehead atoms. The molecule has 1 saturated carbocycles. The fourth-order valence-corrected chi connectivity index (χ4v) is 4.94. The van der Waals surface area contributed by atoms with Crippen molar-refractivity contribution in [1.82, 2.24) is 0 Å². The Balaban J connectivity index is 1.62. The Morgan fingerprint density at radius 3 is 2.10 bits per heavy atom. The highest BCUT2D eigenvalue weighted by atomic mass is 19.2. The Kier molecular flexibility index (Phi) is 7.96. The van der Waals surface area contributed by atoms with E-state index in [9.17, 15) is 17.6 Å². The van der Waals surface area contributed by atoms with Gasteiger partial charge in [0, 0.05) is 0 Å². The van der Waals surface area contributed by atoms with Gasteiger partial charge in [-0.15, -0.1) is 0 Å². The Hall–Kier alpha value is -1.84. The molecule has 1 fully saturated rings. The zero-order valence-electron chi connectivity index (χ0n) is 18.0. The normalized spacial score (nSPS) is 20.3. The number of hydrogen-bond acceptors (Lipinski definition) is 0. The first-order valence-corrected chi connectivity index (χ1v) is 11.3. The molecule has 2 aromatic carbocycles. The van der Waals surface area contributed by atoms with Crippen LogP contribution in [0.15, 0.2) is 30.3 Å². The molecule has 4 heteroatoms. The van der Waals surface area contributed by atoms with E-state index in [1.807, 2.05) is 0 Å². The van der Waals surface area contributed by atoms with E-state index in [-0.39, 0.29) is 11.1 Å². The molecular formula is C26H32F4. The van der Waals surface area contributed by atoms with Gasteiger partial charge in [-0.25, -0.2) is 17.6 Å². The average molecular weight is 421 g/mol. The van der Waals surface area contributed by atoms with Gasteiger partial charge in [0.25, 0.3) is 0 Å². The summed E-state index contributed by atoms with van der Waals surface area (Å²) in [6, 6.07) is 5.59. The van der Waals surface area contributed by atoms with Gasteiger partial charge in [0.05, 0.1) is 5.56 Å². The number of unbranched alkanes of at least 4 members (excludes halogenated alkanes) is 2. The molecule has 0 radical (unpaired) electrons. The largest absolute Gasteiger partial charge is 0.206 e. The van der Waals surface area contributed by atoms with Gasteiger partial charge in [-0.3, -0.25) is 0 Å². The van der Waals surface area contributed by atoms with Gasteiger partial charge in [0.15, 0.2) is 11.6 Å². The van der Waals surface area contributed by atoms with Gasteiger partial charge >= 0.3 is 0 Å². The third kappa shape index (κ3) is 5.65.